The molecule has 14 heavy (non-hydrogen) atoms. The Kier molecular flexibility index (Phi) is 4.42. The first-order valence-electron chi connectivity index (χ1n) is 5.32. The lowest BCUT2D eigenvalue weighted by atomic mass is 10.1. The molecule has 82 valence electrons. The number of hydrogen-bond acceptors (Lipinski definition) is 3. The largest absolute Gasteiger partial charge is 0.390 e. The van der Waals surface area contributed by atoms with Crippen LogP contribution in [0.1, 0.15) is 26.7 Å². The second-order valence-corrected chi connectivity index (χ2v) is 4.10. The smallest absolute Gasteiger partial charge is 0.0823 e. The van der Waals surface area contributed by atoms with Gasteiger partial charge in [0.25, 0.3) is 0 Å². The van der Waals surface area contributed by atoms with E-state index < -0.39 is 0 Å². The Hall–Kier alpha value is -0.540. The zero-order chi connectivity index (χ0) is 10.6. The zero-order valence-corrected chi connectivity index (χ0v) is 9.20. The minimum atomic E-state index is 0.0652. The molecule has 0 bridgehead atoms. The third kappa shape index (κ3) is 3.31. The summed E-state index contributed by atoms with van der Waals surface area (Å²) in [6.07, 6.45) is 2.78. The average Bonchev–Trinajstić information content (AvgIpc) is 2.17. The standard InChI is InChI=1S/C11H21NO2/c1-9(2)14-11-4-6-12(7-5-11)10(3)8-13/h9,11,13H,3-8H2,1-2H3. The number of aliphatic hydroxyl groups excluding tert-OH is 1. The van der Waals surface area contributed by atoms with Crippen molar-refractivity contribution in [1.29, 1.82) is 0 Å². The molecule has 1 fully saturated rings. The first-order chi connectivity index (χ1) is 6.63. The van der Waals surface area contributed by atoms with Crippen LogP contribution in [0.4, 0.5) is 0 Å². The summed E-state index contributed by atoms with van der Waals surface area (Å²) in [7, 11) is 0. The van der Waals surface area contributed by atoms with Crippen molar-refractivity contribution >= 4 is 0 Å². The lowest BCUT2D eigenvalue weighted by Gasteiger charge is -2.34. The lowest BCUT2D eigenvalue weighted by molar-refractivity contribution is -0.0232. The Balaban J connectivity index is 2.27. The van der Waals surface area contributed by atoms with Gasteiger partial charge in [-0.1, -0.05) is 6.58 Å². The van der Waals surface area contributed by atoms with Gasteiger partial charge >= 0.3 is 0 Å². The molecule has 0 aromatic rings. The molecule has 1 saturated heterocycles. The van der Waals surface area contributed by atoms with Crippen molar-refractivity contribution in [2.45, 2.75) is 38.9 Å². The van der Waals surface area contributed by atoms with E-state index in [1.807, 2.05) is 0 Å². The molecule has 1 heterocycles. The molecule has 0 aromatic heterocycles. The molecule has 0 aromatic carbocycles. The monoisotopic (exact) mass is 199 g/mol. The van der Waals surface area contributed by atoms with Gasteiger partial charge in [-0.2, -0.15) is 0 Å². The topological polar surface area (TPSA) is 32.7 Å². The Bertz CT molecular complexity index is 184. The molecule has 3 nitrogen and oxygen atoms in total. The second kappa shape index (κ2) is 5.37. The number of hydrogen-bond donors (Lipinski definition) is 1. The van der Waals surface area contributed by atoms with E-state index in [4.69, 9.17) is 9.84 Å². The highest BCUT2D eigenvalue weighted by Gasteiger charge is 2.20. The molecule has 1 aliphatic rings. The van der Waals surface area contributed by atoms with Crippen LogP contribution in [0.3, 0.4) is 0 Å². The number of nitrogens with zero attached hydrogens (tertiary/aromatic N) is 1. The van der Waals surface area contributed by atoms with E-state index in [1.54, 1.807) is 0 Å². The predicted molar refractivity (Wildman–Crippen MR) is 57.0 cm³/mol. The molecular weight excluding hydrogens is 178 g/mol. The van der Waals surface area contributed by atoms with Crippen LogP contribution >= 0.6 is 0 Å². The maximum Gasteiger partial charge on any atom is 0.0823 e. The molecule has 0 saturated carbocycles. The molecule has 0 radical (unpaired) electrons. The van der Waals surface area contributed by atoms with E-state index in [0.717, 1.165) is 31.6 Å². The lowest BCUT2D eigenvalue weighted by Crippen LogP contribution is -2.37. The van der Waals surface area contributed by atoms with E-state index in [2.05, 4.69) is 25.3 Å². The van der Waals surface area contributed by atoms with Gasteiger partial charge in [-0.05, 0) is 26.7 Å². The molecule has 0 spiro atoms. The maximum atomic E-state index is 8.93. The van der Waals surface area contributed by atoms with Gasteiger partial charge in [0.05, 0.1) is 18.8 Å². The Labute approximate surface area is 86.4 Å². The predicted octanol–water partition coefficient (Wildman–Crippen LogP) is 1.38. The molecule has 3 heteroatoms. The fourth-order valence-electron chi connectivity index (χ4n) is 1.79. The van der Waals surface area contributed by atoms with Crippen LogP contribution < -0.4 is 0 Å². The van der Waals surface area contributed by atoms with Crippen LogP contribution in [0, 0.1) is 0 Å². The van der Waals surface area contributed by atoms with Gasteiger partial charge in [0.2, 0.25) is 0 Å². The molecule has 0 amide bonds. The summed E-state index contributed by atoms with van der Waals surface area (Å²) < 4.78 is 5.73. The number of rotatable bonds is 4. The molecule has 1 aliphatic heterocycles. The molecule has 0 aliphatic carbocycles. The minimum absolute atomic E-state index is 0.0652. The SMILES string of the molecule is C=C(CO)N1CCC(OC(C)C)CC1. The number of likely N-dealkylation sites (tertiary alicyclic amines) is 1. The summed E-state index contributed by atoms with van der Waals surface area (Å²) in [6, 6.07) is 0. The maximum absolute atomic E-state index is 8.93. The average molecular weight is 199 g/mol. The highest BCUT2D eigenvalue weighted by molar-refractivity contribution is 4.95. The third-order valence-corrected chi connectivity index (χ3v) is 2.54. The highest BCUT2D eigenvalue weighted by Crippen LogP contribution is 2.17. The van der Waals surface area contributed by atoms with Crippen molar-refractivity contribution in [1.82, 2.24) is 4.90 Å². The quantitative estimate of drug-likeness (QED) is 0.742. The van der Waals surface area contributed by atoms with E-state index in [0.29, 0.717) is 12.2 Å². The Morgan fingerprint density at radius 3 is 2.50 bits per heavy atom. The summed E-state index contributed by atoms with van der Waals surface area (Å²) in [6.45, 7) is 9.93. The van der Waals surface area contributed by atoms with E-state index in [9.17, 15) is 0 Å². The number of ether oxygens (including phenoxy) is 1. The van der Waals surface area contributed by atoms with Crippen LogP contribution in [-0.4, -0.2) is 41.9 Å². The van der Waals surface area contributed by atoms with Gasteiger partial charge in [0.1, 0.15) is 0 Å². The van der Waals surface area contributed by atoms with Gasteiger partial charge in [-0.25, -0.2) is 0 Å². The van der Waals surface area contributed by atoms with Gasteiger partial charge in [0.15, 0.2) is 0 Å². The Morgan fingerprint density at radius 2 is 2.07 bits per heavy atom. The molecule has 0 atom stereocenters. The van der Waals surface area contributed by atoms with E-state index in [1.165, 1.54) is 0 Å². The normalized spacial score (nSPS) is 19.0. The van der Waals surface area contributed by atoms with Crippen LogP contribution in [0.15, 0.2) is 12.3 Å². The van der Waals surface area contributed by atoms with E-state index >= 15 is 0 Å². The summed E-state index contributed by atoms with van der Waals surface area (Å²) in [4.78, 5) is 2.14. The Morgan fingerprint density at radius 1 is 1.50 bits per heavy atom. The fourth-order valence-corrected chi connectivity index (χ4v) is 1.79. The first-order valence-corrected chi connectivity index (χ1v) is 5.32. The van der Waals surface area contributed by atoms with Gasteiger partial charge in [-0.3, -0.25) is 0 Å². The van der Waals surface area contributed by atoms with Gasteiger partial charge in [-0.15, -0.1) is 0 Å². The molecule has 0 unspecified atom stereocenters. The summed E-state index contributed by atoms with van der Waals surface area (Å²) in [5, 5.41) is 8.93. The van der Waals surface area contributed by atoms with Crippen LogP contribution in [0.2, 0.25) is 0 Å². The molecule has 1 N–H and O–H groups in total. The first kappa shape index (κ1) is 11.5. The van der Waals surface area contributed by atoms with E-state index in [-0.39, 0.29) is 6.61 Å². The third-order valence-electron chi connectivity index (χ3n) is 2.54. The highest BCUT2D eigenvalue weighted by atomic mass is 16.5. The zero-order valence-electron chi connectivity index (χ0n) is 9.20. The van der Waals surface area contributed by atoms with Crippen LogP contribution in [0.25, 0.3) is 0 Å². The fraction of sp³-hybridized carbons (Fsp3) is 0.818. The van der Waals surface area contributed by atoms with Crippen molar-refractivity contribution in [3.05, 3.63) is 12.3 Å². The summed E-state index contributed by atoms with van der Waals surface area (Å²) in [5.74, 6) is 0. The van der Waals surface area contributed by atoms with Crippen molar-refractivity contribution in [2.24, 2.45) is 0 Å². The molecular formula is C11H21NO2. The summed E-state index contributed by atoms with van der Waals surface area (Å²) in [5.41, 5.74) is 0.827. The van der Waals surface area contributed by atoms with Crippen molar-refractivity contribution < 1.29 is 9.84 Å². The van der Waals surface area contributed by atoms with Gasteiger partial charge < -0.3 is 14.7 Å². The van der Waals surface area contributed by atoms with Crippen molar-refractivity contribution in [3.63, 3.8) is 0 Å². The molecule has 1 rings (SSSR count). The number of piperidine rings is 1. The van der Waals surface area contributed by atoms with Crippen LogP contribution in [-0.2, 0) is 4.74 Å². The van der Waals surface area contributed by atoms with Gasteiger partial charge in [0, 0.05) is 18.8 Å². The van der Waals surface area contributed by atoms with Crippen molar-refractivity contribution in [3.8, 4) is 0 Å². The van der Waals surface area contributed by atoms with Crippen LogP contribution in [0.5, 0.6) is 0 Å². The van der Waals surface area contributed by atoms with Crippen molar-refractivity contribution in [2.75, 3.05) is 19.7 Å². The summed E-state index contributed by atoms with van der Waals surface area (Å²) >= 11 is 0. The minimum Gasteiger partial charge on any atom is -0.390 e. The second-order valence-electron chi connectivity index (χ2n) is 4.10. The number of aliphatic hydroxyl groups is 1.